The van der Waals surface area contributed by atoms with E-state index in [1.807, 2.05) is 20.8 Å². The van der Waals surface area contributed by atoms with Gasteiger partial charge in [-0.2, -0.15) is 60.0 Å². The number of halogens is 6. The summed E-state index contributed by atoms with van der Waals surface area (Å²) in [7, 11) is -20.4. The summed E-state index contributed by atoms with van der Waals surface area (Å²) in [5.41, 5.74) is -10.8. The Morgan fingerprint density at radius 2 is 0.683 bits per heavy atom. The first-order chi connectivity index (χ1) is 46.8. The number of ether oxygens (including phenoxy) is 4. The van der Waals surface area contributed by atoms with E-state index in [0.717, 1.165) is 48.5 Å². The van der Waals surface area contributed by atoms with E-state index in [-0.39, 0.29) is 53.2 Å². The molecule has 0 spiro atoms. The lowest BCUT2D eigenvalue weighted by atomic mass is 9.63. The van der Waals surface area contributed by atoms with Crippen LogP contribution in [0.25, 0.3) is 11.1 Å². The van der Waals surface area contributed by atoms with Crippen LogP contribution in [0.3, 0.4) is 0 Å². The monoisotopic (exact) mass is 1480 g/mol. The second-order valence-electron chi connectivity index (χ2n) is 25.3. The fourth-order valence-corrected chi connectivity index (χ4v) is 15.5. The first-order valence-electron chi connectivity index (χ1n) is 31.7. The third kappa shape index (κ3) is 15.9. The number of ketones is 2. The number of alkyl halides is 6. The first kappa shape index (κ1) is 78.2. The highest BCUT2D eigenvalue weighted by Crippen LogP contribution is 2.57. The lowest BCUT2D eigenvalue weighted by Crippen LogP contribution is -2.54. The van der Waals surface area contributed by atoms with E-state index in [4.69, 9.17) is 18.9 Å². The van der Waals surface area contributed by atoms with Crippen molar-refractivity contribution in [2.24, 2.45) is 0 Å². The maximum absolute atomic E-state index is 15.1. The van der Waals surface area contributed by atoms with Crippen molar-refractivity contribution in [3.05, 3.63) is 214 Å². The molecule has 0 amide bonds. The van der Waals surface area contributed by atoms with Gasteiger partial charge in [-0.1, -0.05) is 121 Å². The smallest absolute Gasteiger partial charge is 0.411 e. The van der Waals surface area contributed by atoms with Crippen molar-refractivity contribution in [1.29, 1.82) is 0 Å². The van der Waals surface area contributed by atoms with E-state index < -0.39 is 145 Å². The molecule has 0 aromatic heterocycles. The third-order valence-corrected chi connectivity index (χ3v) is 22.7. The van der Waals surface area contributed by atoms with Gasteiger partial charge in [0.1, 0.15) is 55.5 Å². The van der Waals surface area contributed by atoms with Crippen molar-refractivity contribution in [3.63, 3.8) is 0 Å². The lowest BCUT2D eigenvalue weighted by Gasteiger charge is -2.48. The van der Waals surface area contributed by atoms with Crippen LogP contribution in [0.4, 0.5) is 26.3 Å². The van der Waals surface area contributed by atoms with E-state index in [1.165, 1.54) is 42.5 Å². The Balaban J connectivity index is 1.02. The number of carbonyl (C=O) groups excluding carboxylic acids is 2. The topological polar surface area (TPSA) is 289 Å². The lowest BCUT2D eigenvalue weighted by molar-refractivity contribution is -0.288. The molecule has 0 fully saturated rings. The maximum atomic E-state index is 15.1. The summed E-state index contributed by atoms with van der Waals surface area (Å²) in [6.45, 7) is 17.7. The quantitative estimate of drug-likeness (QED) is 0.0201. The summed E-state index contributed by atoms with van der Waals surface area (Å²) in [4.78, 5) is 25.0. The molecular weight excluding hydrogens is 1410 g/mol. The fourth-order valence-electron chi connectivity index (χ4n) is 12.5. The Hall–Kier alpha value is -8.48. The number of hydrogen-bond donors (Lipinski definition) is 4. The standard InChI is InChI=1S/C73H74F6O18S4/c1-11-67(7,8)96-55-35-27-52(28-36-55)71(72(74,75)76,73(77,78)79)51-25-33-54(34-26-51)95-60-40-24-50(44-64(60)101(91,92)93)66(81)48-22-38-58(62(42-48)99(85,86)87)70(15-5,16-6)69(10,14-4)97-56-31-19-46(20-32-56)45-17-29-53(30-18-45)94-59-39-23-49(43-63(59)100(88,89)90)65(80)47-21-37-57(68(9,12-2)13-3)61(41-47)98(82,83)84/h17-44H,11-16H2,1-10H3,(H,82,83,84)(H,85,86,87)(H,88,89,90)(H,91,92,93). The van der Waals surface area contributed by atoms with E-state index in [1.54, 1.807) is 84.9 Å². The van der Waals surface area contributed by atoms with Gasteiger partial charge in [-0.15, -0.1) is 0 Å². The van der Waals surface area contributed by atoms with Gasteiger partial charge in [-0.3, -0.25) is 27.8 Å². The molecular formula is C73H74F6O18S4. The van der Waals surface area contributed by atoms with Crippen LogP contribution < -0.4 is 18.9 Å². The molecule has 0 aliphatic rings. The predicted octanol–water partition coefficient (Wildman–Crippen LogP) is 17.7. The van der Waals surface area contributed by atoms with Gasteiger partial charge in [0.25, 0.3) is 40.5 Å². The van der Waals surface area contributed by atoms with E-state index in [2.05, 4.69) is 0 Å². The molecule has 4 N–H and O–H groups in total. The fraction of sp³-hybridized carbons (Fsp3) is 0.315. The van der Waals surface area contributed by atoms with Crippen LogP contribution in [-0.4, -0.2) is 87.0 Å². The summed E-state index contributed by atoms with van der Waals surface area (Å²) in [6, 6.07) is 31.8. The summed E-state index contributed by atoms with van der Waals surface area (Å²) in [5, 5.41) is 0. The highest BCUT2D eigenvalue weighted by Gasteiger charge is 2.72. The van der Waals surface area contributed by atoms with Crippen molar-refractivity contribution >= 4 is 52.0 Å². The molecule has 0 saturated heterocycles. The molecule has 28 heteroatoms. The Bertz CT molecular complexity index is 4890. The number of hydrogen-bond acceptors (Lipinski definition) is 14. The van der Waals surface area contributed by atoms with Gasteiger partial charge in [0.15, 0.2) is 11.6 Å². The summed E-state index contributed by atoms with van der Waals surface area (Å²) in [5.74, 6) is -3.00. The highest BCUT2D eigenvalue weighted by atomic mass is 32.2. The van der Waals surface area contributed by atoms with Crippen LogP contribution in [0, 0.1) is 0 Å². The Labute approximate surface area is 582 Å². The molecule has 0 radical (unpaired) electrons. The first-order valence-corrected chi connectivity index (χ1v) is 37.4. The molecule has 8 rings (SSSR count). The molecule has 8 aromatic carbocycles. The molecule has 0 saturated carbocycles. The minimum absolute atomic E-state index is 0.0185. The van der Waals surface area contributed by atoms with Crippen LogP contribution in [-0.2, 0) is 56.7 Å². The van der Waals surface area contributed by atoms with Crippen molar-refractivity contribution in [3.8, 4) is 45.6 Å². The highest BCUT2D eigenvalue weighted by molar-refractivity contribution is 7.86. The van der Waals surface area contributed by atoms with Gasteiger partial charge in [-0.05, 0) is 195 Å². The van der Waals surface area contributed by atoms with Crippen LogP contribution in [0.15, 0.2) is 189 Å². The van der Waals surface area contributed by atoms with Gasteiger partial charge in [0.05, 0.1) is 9.79 Å². The molecule has 0 heterocycles. The molecule has 1 atom stereocenters. The Morgan fingerprint density at radius 1 is 0.366 bits per heavy atom. The van der Waals surface area contributed by atoms with E-state index in [0.29, 0.717) is 84.2 Å². The Kier molecular flexibility index (Phi) is 22.3. The normalized spacial score (nSPS) is 13.7. The molecule has 8 aromatic rings. The largest absolute Gasteiger partial charge is 0.488 e. The minimum atomic E-state index is -5.98. The second-order valence-corrected chi connectivity index (χ2v) is 30.9. The summed E-state index contributed by atoms with van der Waals surface area (Å²) >= 11 is 0. The maximum Gasteiger partial charge on any atom is 0.411 e. The van der Waals surface area contributed by atoms with Crippen molar-refractivity contribution in [2.45, 2.75) is 167 Å². The van der Waals surface area contributed by atoms with Crippen LogP contribution in [0.1, 0.15) is 162 Å². The zero-order chi connectivity index (χ0) is 75.1. The van der Waals surface area contributed by atoms with Gasteiger partial charge >= 0.3 is 12.4 Å². The van der Waals surface area contributed by atoms with Crippen molar-refractivity contribution < 1.29 is 107 Å². The SMILES string of the molecule is CCC(C)(C)Oc1ccc(C(c2ccc(Oc3ccc(C(=O)c4ccc(C(CC)(CC)C(C)(CC)Oc5ccc(-c6ccc(Oc7ccc(C(=O)c8ccc(C(C)(CC)CC)c(S(=O)(=O)O)c8)cc7S(=O)(=O)O)cc6)cc5)c(S(=O)(=O)O)c4)cc3S(=O)(=O)O)cc2)(C(F)(F)F)C(F)(F)F)cc1. The van der Waals surface area contributed by atoms with Crippen molar-refractivity contribution in [2.75, 3.05) is 0 Å². The van der Waals surface area contributed by atoms with E-state index >= 15 is 26.3 Å². The van der Waals surface area contributed by atoms with E-state index in [9.17, 15) is 61.5 Å². The molecule has 18 nitrogen and oxygen atoms in total. The summed E-state index contributed by atoms with van der Waals surface area (Å²) in [6.07, 6.45) is -9.87. The average molecular weight is 1480 g/mol. The molecule has 0 aliphatic heterocycles. The molecule has 1 unspecified atom stereocenters. The van der Waals surface area contributed by atoms with Gasteiger partial charge in [0, 0.05) is 27.7 Å². The minimum Gasteiger partial charge on any atom is -0.488 e. The van der Waals surface area contributed by atoms with Crippen LogP contribution in [0.5, 0.6) is 34.5 Å². The number of carbonyl (C=O) groups is 2. The number of rotatable bonds is 28. The second kappa shape index (κ2) is 28.7. The van der Waals surface area contributed by atoms with Crippen LogP contribution >= 0.6 is 0 Å². The third-order valence-electron chi connectivity index (χ3n) is 19.1. The number of benzene rings is 8. The van der Waals surface area contributed by atoms with Gasteiger partial charge in [0.2, 0.25) is 5.41 Å². The molecule has 0 bridgehead atoms. The Morgan fingerprint density at radius 3 is 1.02 bits per heavy atom. The average Bonchev–Trinajstić information content (AvgIpc) is 0.723. The molecule has 101 heavy (non-hydrogen) atoms. The zero-order valence-corrected chi connectivity index (χ0v) is 59.6. The van der Waals surface area contributed by atoms with Gasteiger partial charge < -0.3 is 18.9 Å². The van der Waals surface area contributed by atoms with Crippen molar-refractivity contribution in [1.82, 2.24) is 0 Å². The predicted molar refractivity (Wildman–Crippen MR) is 364 cm³/mol. The van der Waals surface area contributed by atoms with Gasteiger partial charge in [-0.25, -0.2) is 0 Å². The molecule has 540 valence electrons. The summed E-state index contributed by atoms with van der Waals surface area (Å²) < 4.78 is 260. The molecule has 0 aliphatic carbocycles. The van der Waals surface area contributed by atoms with Crippen LogP contribution in [0.2, 0.25) is 0 Å². The zero-order valence-electron chi connectivity index (χ0n) is 56.3.